The second-order valence-corrected chi connectivity index (χ2v) is 19.7. The highest BCUT2D eigenvalue weighted by atomic mass is 28.5. The fourth-order valence-electron chi connectivity index (χ4n) is 2.23. The van der Waals surface area contributed by atoms with Crippen LogP contribution in [0.15, 0.2) is 0 Å². The zero-order valence-corrected chi connectivity index (χ0v) is 16.1. The molecule has 0 aromatic carbocycles. The third-order valence-corrected chi connectivity index (χ3v) is 12.6. The lowest BCUT2D eigenvalue weighted by Gasteiger charge is -2.40. The van der Waals surface area contributed by atoms with E-state index in [1.165, 1.54) is 12.8 Å². The van der Waals surface area contributed by atoms with Gasteiger partial charge in [-0.1, -0.05) is 26.7 Å². The van der Waals surface area contributed by atoms with Gasteiger partial charge in [0, 0.05) is 0 Å². The Kier molecular flexibility index (Phi) is 6.88. The van der Waals surface area contributed by atoms with E-state index < -0.39 is 25.2 Å². The molecule has 0 fully saturated rings. The van der Waals surface area contributed by atoms with Crippen molar-refractivity contribution in [2.75, 3.05) is 0 Å². The van der Waals surface area contributed by atoms with Crippen LogP contribution in [0.1, 0.15) is 26.7 Å². The van der Waals surface area contributed by atoms with Gasteiger partial charge in [-0.25, -0.2) is 0 Å². The number of hydrogen-bond acceptors (Lipinski definition) is 2. The summed E-state index contributed by atoms with van der Waals surface area (Å²) in [7, 11) is -4.96. The minimum atomic E-state index is -1.94. The molecule has 17 heavy (non-hydrogen) atoms. The van der Waals surface area contributed by atoms with Crippen molar-refractivity contribution in [2.24, 2.45) is 0 Å². The smallest absolute Gasteiger partial charge is 0.317 e. The first-order valence-electron chi connectivity index (χ1n) is 6.94. The molecule has 2 nitrogen and oxygen atoms in total. The zero-order valence-electron chi connectivity index (χ0n) is 13.1. The summed E-state index contributed by atoms with van der Waals surface area (Å²) in [6.45, 7) is 18.2. The Balaban J connectivity index is 4.97. The van der Waals surface area contributed by atoms with Crippen molar-refractivity contribution in [3.8, 4) is 0 Å². The van der Waals surface area contributed by atoms with E-state index in [1.807, 2.05) is 0 Å². The van der Waals surface area contributed by atoms with Crippen LogP contribution in [0, 0.1) is 0 Å². The molecule has 0 spiro atoms. The molecule has 0 rings (SSSR count). The monoisotopic (exact) mass is 292 g/mol. The van der Waals surface area contributed by atoms with E-state index in [4.69, 9.17) is 8.23 Å². The van der Waals surface area contributed by atoms with Gasteiger partial charge in [0.1, 0.15) is 0 Å². The molecule has 0 N–H and O–H groups in total. The Labute approximate surface area is 112 Å². The van der Waals surface area contributed by atoms with Gasteiger partial charge in [0.25, 0.3) is 0 Å². The summed E-state index contributed by atoms with van der Waals surface area (Å²) in [5.74, 6) is 0. The van der Waals surface area contributed by atoms with Crippen LogP contribution in [-0.4, -0.2) is 25.2 Å². The van der Waals surface area contributed by atoms with Gasteiger partial charge in [0.2, 0.25) is 0 Å². The standard InChI is InChI=1S/C12H32O2Si3/c1-9-11-17(12-10-2,13-15(3,4)5)14-16(6,7)8/h9-12H2,1-8H3. The summed E-state index contributed by atoms with van der Waals surface area (Å²) in [4.78, 5) is 0. The van der Waals surface area contributed by atoms with Crippen LogP contribution in [-0.2, 0) is 8.23 Å². The Bertz CT molecular complexity index is 195. The zero-order chi connectivity index (χ0) is 13.7. The van der Waals surface area contributed by atoms with E-state index in [2.05, 4.69) is 53.1 Å². The van der Waals surface area contributed by atoms with Gasteiger partial charge in [-0.15, -0.1) is 0 Å². The molecule has 0 heterocycles. The molecule has 0 aliphatic rings. The third-order valence-electron chi connectivity index (χ3n) is 2.25. The summed E-state index contributed by atoms with van der Waals surface area (Å²) in [6.07, 6.45) is 2.36. The van der Waals surface area contributed by atoms with Gasteiger partial charge >= 0.3 is 8.56 Å². The first-order chi connectivity index (χ1) is 7.54. The average Bonchev–Trinajstić information content (AvgIpc) is 1.96. The number of hydrogen-bond donors (Lipinski definition) is 0. The van der Waals surface area contributed by atoms with Gasteiger partial charge < -0.3 is 8.23 Å². The Hall–Kier alpha value is 0.571. The Morgan fingerprint density at radius 3 is 1.12 bits per heavy atom. The van der Waals surface area contributed by atoms with Crippen LogP contribution >= 0.6 is 0 Å². The summed E-state index contributed by atoms with van der Waals surface area (Å²) >= 11 is 0. The van der Waals surface area contributed by atoms with Crippen LogP contribution in [0.4, 0.5) is 0 Å². The molecule has 0 aliphatic heterocycles. The fraction of sp³-hybridized carbons (Fsp3) is 1.00. The topological polar surface area (TPSA) is 18.5 Å². The van der Waals surface area contributed by atoms with E-state index >= 15 is 0 Å². The summed E-state index contributed by atoms with van der Waals surface area (Å²) in [5.41, 5.74) is 0. The molecule has 0 saturated carbocycles. The highest BCUT2D eigenvalue weighted by Gasteiger charge is 2.42. The minimum absolute atomic E-state index is 1.16. The molecular weight excluding hydrogens is 260 g/mol. The van der Waals surface area contributed by atoms with Crippen LogP contribution in [0.2, 0.25) is 51.4 Å². The quantitative estimate of drug-likeness (QED) is 0.589. The third kappa shape index (κ3) is 8.31. The Morgan fingerprint density at radius 2 is 0.941 bits per heavy atom. The first kappa shape index (κ1) is 17.6. The molecule has 0 bridgehead atoms. The molecule has 5 heteroatoms. The van der Waals surface area contributed by atoms with E-state index in [0.717, 1.165) is 12.1 Å². The molecular formula is C12H32O2Si3. The maximum Gasteiger partial charge on any atom is 0.317 e. The molecule has 0 aromatic heterocycles. The highest BCUT2D eigenvalue weighted by Crippen LogP contribution is 2.29. The molecule has 0 unspecified atom stereocenters. The largest absolute Gasteiger partial charge is 0.436 e. The molecule has 0 amide bonds. The van der Waals surface area contributed by atoms with Crippen LogP contribution in [0.3, 0.4) is 0 Å². The fourth-order valence-corrected chi connectivity index (χ4v) is 15.1. The maximum absolute atomic E-state index is 6.57. The molecule has 0 aliphatic carbocycles. The van der Waals surface area contributed by atoms with Crippen molar-refractivity contribution in [1.82, 2.24) is 0 Å². The Morgan fingerprint density at radius 1 is 0.647 bits per heavy atom. The predicted octanol–water partition coefficient (Wildman–Crippen LogP) is 4.95. The summed E-state index contributed by atoms with van der Waals surface area (Å²) in [6, 6.07) is 2.32. The van der Waals surface area contributed by atoms with Crippen LogP contribution < -0.4 is 0 Å². The molecule has 0 aromatic rings. The van der Waals surface area contributed by atoms with Gasteiger partial charge in [-0.3, -0.25) is 0 Å². The predicted molar refractivity (Wildman–Crippen MR) is 84.8 cm³/mol. The lowest BCUT2D eigenvalue weighted by Crippen LogP contribution is -2.54. The SMILES string of the molecule is CCC[Si](CCC)(O[Si](C)(C)C)O[Si](C)(C)C. The first-order valence-corrected chi connectivity index (χ1v) is 16.0. The highest BCUT2D eigenvalue weighted by molar-refractivity contribution is 6.88. The molecule has 0 radical (unpaired) electrons. The van der Waals surface area contributed by atoms with Crippen molar-refractivity contribution < 1.29 is 8.23 Å². The van der Waals surface area contributed by atoms with E-state index in [-0.39, 0.29) is 0 Å². The maximum atomic E-state index is 6.57. The summed E-state index contributed by atoms with van der Waals surface area (Å²) in [5, 5.41) is 0. The van der Waals surface area contributed by atoms with Crippen molar-refractivity contribution in [1.29, 1.82) is 0 Å². The van der Waals surface area contributed by atoms with E-state index in [0.29, 0.717) is 0 Å². The van der Waals surface area contributed by atoms with Crippen LogP contribution in [0.25, 0.3) is 0 Å². The van der Waals surface area contributed by atoms with Gasteiger partial charge in [0.15, 0.2) is 16.6 Å². The van der Waals surface area contributed by atoms with Gasteiger partial charge in [-0.05, 0) is 51.4 Å². The van der Waals surface area contributed by atoms with Crippen molar-refractivity contribution in [3.05, 3.63) is 0 Å². The second-order valence-electron chi connectivity index (χ2n) is 6.84. The molecule has 104 valence electrons. The number of rotatable bonds is 8. The minimum Gasteiger partial charge on any atom is -0.436 e. The normalized spacial score (nSPS) is 14.1. The average molecular weight is 293 g/mol. The van der Waals surface area contributed by atoms with Crippen molar-refractivity contribution in [2.45, 2.75) is 78.1 Å². The second kappa shape index (κ2) is 6.65. The van der Waals surface area contributed by atoms with Crippen LogP contribution in [0.5, 0.6) is 0 Å². The van der Waals surface area contributed by atoms with Crippen molar-refractivity contribution >= 4 is 25.2 Å². The van der Waals surface area contributed by atoms with E-state index in [1.54, 1.807) is 0 Å². The summed E-state index contributed by atoms with van der Waals surface area (Å²) < 4.78 is 13.1. The molecule has 0 saturated heterocycles. The van der Waals surface area contributed by atoms with Crippen molar-refractivity contribution in [3.63, 3.8) is 0 Å². The van der Waals surface area contributed by atoms with E-state index in [9.17, 15) is 0 Å². The lowest BCUT2D eigenvalue weighted by atomic mass is 10.6. The van der Waals surface area contributed by atoms with Gasteiger partial charge in [0.05, 0.1) is 0 Å². The lowest BCUT2D eigenvalue weighted by molar-refractivity contribution is 0.370. The molecule has 0 atom stereocenters. The van der Waals surface area contributed by atoms with Gasteiger partial charge in [-0.2, -0.15) is 0 Å².